The Labute approximate surface area is 199 Å². The number of hydrogen-bond donors (Lipinski definition) is 3. The number of para-hydroxylation sites is 2. The van der Waals surface area contributed by atoms with Gasteiger partial charge in [-0.3, -0.25) is 14.4 Å². The molecule has 3 aromatic rings. The molecule has 2 aromatic carbocycles. The molecule has 1 aliphatic heterocycles. The molecule has 34 heavy (non-hydrogen) atoms. The Kier molecular flexibility index (Phi) is 6.64. The van der Waals surface area contributed by atoms with Crippen LogP contribution in [0.25, 0.3) is 0 Å². The summed E-state index contributed by atoms with van der Waals surface area (Å²) in [5, 5.41) is 5.62. The Balaban J connectivity index is 1.41. The summed E-state index contributed by atoms with van der Waals surface area (Å²) in [6.45, 7) is 0.521. The number of hydrogen-bond acceptors (Lipinski definition) is 8. The smallest absolute Gasteiger partial charge is 0.313 e. The normalized spacial score (nSPS) is 12.5. The van der Waals surface area contributed by atoms with Crippen molar-refractivity contribution < 1.29 is 23.9 Å². The molecule has 1 aliphatic rings. The number of amides is 3. The minimum atomic E-state index is -0.766. The van der Waals surface area contributed by atoms with Crippen LogP contribution >= 0.6 is 11.3 Å². The molecule has 0 radical (unpaired) electrons. The average molecular weight is 482 g/mol. The third-order valence-corrected chi connectivity index (χ3v) is 6.34. The van der Waals surface area contributed by atoms with E-state index in [1.165, 1.54) is 30.5 Å². The first-order valence-electron chi connectivity index (χ1n) is 10.4. The van der Waals surface area contributed by atoms with Gasteiger partial charge >= 0.3 is 11.8 Å². The van der Waals surface area contributed by atoms with Crippen molar-refractivity contribution in [3.63, 3.8) is 0 Å². The standard InChI is InChI=1S/C23H23N5O5S/c1-32-17-8-7-13(11-18(17)33-2)25-21(30)23(31)28-10-9-16-19(12-28)34-22(27-16)20(29)26-15-6-4-3-5-14(15)24/h3-8,11H,9-10,12,24H2,1-2H3,(H,25,30)(H,26,29). The Morgan fingerprint density at radius 2 is 1.82 bits per heavy atom. The number of aromatic nitrogens is 1. The van der Waals surface area contributed by atoms with E-state index in [0.29, 0.717) is 41.5 Å². The molecule has 0 aliphatic carbocycles. The molecule has 2 heterocycles. The molecule has 11 heteroatoms. The second-order valence-electron chi connectivity index (χ2n) is 7.43. The monoisotopic (exact) mass is 481 g/mol. The predicted molar refractivity (Wildman–Crippen MR) is 128 cm³/mol. The summed E-state index contributed by atoms with van der Waals surface area (Å²) in [4.78, 5) is 44.6. The summed E-state index contributed by atoms with van der Waals surface area (Å²) < 4.78 is 10.4. The van der Waals surface area contributed by atoms with E-state index in [1.54, 1.807) is 42.5 Å². The first-order chi connectivity index (χ1) is 16.4. The molecule has 0 saturated carbocycles. The lowest BCUT2D eigenvalue weighted by molar-refractivity contribution is -0.143. The number of nitrogens with one attached hydrogen (secondary N) is 2. The molecular weight excluding hydrogens is 458 g/mol. The number of rotatable bonds is 5. The van der Waals surface area contributed by atoms with Crippen LogP contribution in [0.5, 0.6) is 11.5 Å². The molecule has 3 amide bonds. The number of benzene rings is 2. The van der Waals surface area contributed by atoms with Crippen LogP contribution in [0.3, 0.4) is 0 Å². The highest BCUT2D eigenvalue weighted by Crippen LogP contribution is 2.30. The van der Waals surface area contributed by atoms with Crippen LogP contribution in [-0.4, -0.2) is 48.4 Å². The van der Waals surface area contributed by atoms with Gasteiger partial charge in [-0.25, -0.2) is 4.98 Å². The number of nitrogens with two attached hydrogens (primary N) is 1. The van der Waals surface area contributed by atoms with Crippen molar-refractivity contribution in [3.05, 3.63) is 58.0 Å². The lowest BCUT2D eigenvalue weighted by Gasteiger charge is -2.25. The van der Waals surface area contributed by atoms with Gasteiger partial charge in [0.05, 0.1) is 37.8 Å². The minimum Gasteiger partial charge on any atom is -0.493 e. The number of nitrogen functional groups attached to an aromatic ring is 1. The van der Waals surface area contributed by atoms with Gasteiger partial charge in [0.15, 0.2) is 16.5 Å². The van der Waals surface area contributed by atoms with Crippen molar-refractivity contribution in [3.8, 4) is 11.5 Å². The summed E-state index contributed by atoms with van der Waals surface area (Å²) in [5.41, 5.74) is 8.00. The highest BCUT2D eigenvalue weighted by Gasteiger charge is 2.29. The van der Waals surface area contributed by atoms with Crippen LogP contribution in [-0.2, 0) is 22.6 Å². The fraction of sp³-hybridized carbons (Fsp3) is 0.217. The third-order valence-electron chi connectivity index (χ3n) is 5.26. The molecule has 176 valence electrons. The number of nitrogens with zero attached hydrogens (tertiary/aromatic N) is 2. The zero-order valence-electron chi connectivity index (χ0n) is 18.6. The highest BCUT2D eigenvalue weighted by molar-refractivity contribution is 7.13. The van der Waals surface area contributed by atoms with Gasteiger partial charge in [0.2, 0.25) is 0 Å². The molecule has 0 atom stereocenters. The molecule has 0 spiro atoms. The topological polar surface area (TPSA) is 136 Å². The second-order valence-corrected chi connectivity index (χ2v) is 8.51. The molecule has 4 N–H and O–H groups in total. The van der Waals surface area contributed by atoms with Crippen molar-refractivity contribution in [1.82, 2.24) is 9.88 Å². The van der Waals surface area contributed by atoms with E-state index < -0.39 is 11.8 Å². The van der Waals surface area contributed by atoms with Gasteiger partial charge in [0, 0.05) is 29.6 Å². The van der Waals surface area contributed by atoms with Crippen molar-refractivity contribution in [2.24, 2.45) is 0 Å². The number of carbonyl (C=O) groups excluding carboxylic acids is 3. The molecule has 10 nitrogen and oxygen atoms in total. The molecule has 0 saturated heterocycles. The predicted octanol–water partition coefficient (Wildman–Crippen LogP) is 2.52. The van der Waals surface area contributed by atoms with Gasteiger partial charge < -0.3 is 30.7 Å². The number of ether oxygens (including phenoxy) is 2. The van der Waals surface area contributed by atoms with Crippen molar-refractivity contribution in [2.45, 2.75) is 13.0 Å². The number of anilines is 3. The molecule has 4 rings (SSSR count). The first kappa shape index (κ1) is 23.1. The molecule has 0 bridgehead atoms. The summed E-state index contributed by atoms with van der Waals surface area (Å²) in [7, 11) is 2.99. The maximum Gasteiger partial charge on any atom is 0.313 e. The van der Waals surface area contributed by atoms with Crippen LogP contribution in [0, 0.1) is 0 Å². The molecular formula is C23H23N5O5S. The van der Waals surface area contributed by atoms with Crippen molar-refractivity contribution >= 4 is 46.1 Å². The second kappa shape index (κ2) is 9.79. The van der Waals surface area contributed by atoms with Gasteiger partial charge in [-0.05, 0) is 24.3 Å². The Morgan fingerprint density at radius 3 is 2.56 bits per heavy atom. The molecule has 1 aromatic heterocycles. The number of methoxy groups -OCH3 is 2. The molecule has 0 unspecified atom stereocenters. The Morgan fingerprint density at radius 1 is 1.06 bits per heavy atom. The Bertz CT molecular complexity index is 1260. The van der Waals surface area contributed by atoms with Crippen molar-refractivity contribution in [1.29, 1.82) is 0 Å². The fourth-order valence-electron chi connectivity index (χ4n) is 3.49. The van der Waals surface area contributed by atoms with E-state index in [-0.39, 0.29) is 17.5 Å². The maximum atomic E-state index is 12.8. The van der Waals surface area contributed by atoms with Crippen LogP contribution in [0.4, 0.5) is 17.1 Å². The van der Waals surface area contributed by atoms with E-state index in [4.69, 9.17) is 15.2 Å². The SMILES string of the molecule is COc1ccc(NC(=O)C(=O)N2CCc3nc(C(=O)Nc4ccccc4N)sc3C2)cc1OC. The van der Waals surface area contributed by atoms with E-state index in [2.05, 4.69) is 15.6 Å². The van der Waals surface area contributed by atoms with Crippen molar-refractivity contribution in [2.75, 3.05) is 37.1 Å². The van der Waals surface area contributed by atoms with Crippen LogP contribution in [0.1, 0.15) is 20.4 Å². The fourth-order valence-corrected chi connectivity index (χ4v) is 4.51. The van der Waals surface area contributed by atoms with Gasteiger partial charge in [0.25, 0.3) is 5.91 Å². The minimum absolute atomic E-state index is 0.200. The number of carbonyl (C=O) groups is 3. The van der Waals surface area contributed by atoms with Gasteiger partial charge in [0.1, 0.15) is 0 Å². The van der Waals surface area contributed by atoms with Gasteiger partial charge in [-0.15, -0.1) is 11.3 Å². The van der Waals surface area contributed by atoms with E-state index in [0.717, 1.165) is 10.6 Å². The Hall–Kier alpha value is -4.12. The van der Waals surface area contributed by atoms with E-state index in [9.17, 15) is 14.4 Å². The zero-order chi connectivity index (χ0) is 24.2. The lowest BCUT2D eigenvalue weighted by Crippen LogP contribution is -2.42. The molecule has 0 fully saturated rings. The number of thiazole rings is 1. The van der Waals surface area contributed by atoms with E-state index in [1.807, 2.05) is 0 Å². The summed E-state index contributed by atoms with van der Waals surface area (Å²) in [6, 6.07) is 11.8. The summed E-state index contributed by atoms with van der Waals surface area (Å²) in [5.74, 6) is -0.866. The quantitative estimate of drug-likeness (QED) is 0.376. The number of fused-ring (bicyclic) bond motifs is 1. The van der Waals surface area contributed by atoms with Gasteiger partial charge in [-0.2, -0.15) is 0 Å². The van der Waals surface area contributed by atoms with Crippen LogP contribution in [0.15, 0.2) is 42.5 Å². The maximum absolute atomic E-state index is 12.8. The lowest BCUT2D eigenvalue weighted by atomic mass is 10.1. The van der Waals surface area contributed by atoms with Crippen LogP contribution < -0.4 is 25.8 Å². The first-order valence-corrected chi connectivity index (χ1v) is 11.2. The highest BCUT2D eigenvalue weighted by atomic mass is 32.1. The average Bonchev–Trinajstić information content (AvgIpc) is 3.28. The van der Waals surface area contributed by atoms with Gasteiger partial charge in [-0.1, -0.05) is 12.1 Å². The van der Waals surface area contributed by atoms with E-state index >= 15 is 0 Å². The third kappa shape index (κ3) is 4.79. The zero-order valence-corrected chi connectivity index (χ0v) is 19.4. The largest absolute Gasteiger partial charge is 0.493 e. The summed E-state index contributed by atoms with van der Waals surface area (Å²) >= 11 is 1.19. The summed E-state index contributed by atoms with van der Waals surface area (Å²) in [6.07, 6.45) is 0.446. The van der Waals surface area contributed by atoms with Crippen LogP contribution in [0.2, 0.25) is 0 Å².